The number of piperidine rings is 2. The van der Waals surface area contributed by atoms with E-state index in [1.165, 1.54) is 197 Å². The fraction of sp³-hybridized carbons (Fsp3) is 0.481. The van der Waals surface area contributed by atoms with Crippen LogP contribution in [0.3, 0.4) is 0 Å². The van der Waals surface area contributed by atoms with E-state index >= 15 is 0 Å². The van der Waals surface area contributed by atoms with Crippen molar-refractivity contribution in [3.8, 4) is 0 Å². The molecule has 6 rings (SSSR count). The number of quaternary nitrogens is 2. The van der Waals surface area contributed by atoms with Crippen LogP contribution in [0.1, 0.15) is 138 Å². The molecule has 2 aliphatic heterocycles. The fourth-order valence-electron chi connectivity index (χ4n) is 9.72. The Hall–Kier alpha value is -3.72. The number of unbranched alkanes of at least 4 members (excludes halogenated alkanes) is 13. The molecule has 2 saturated heterocycles. The Labute approximate surface area is 342 Å². The Morgan fingerprint density at radius 2 is 0.536 bits per heavy atom. The zero-order chi connectivity index (χ0) is 38.7. The van der Waals surface area contributed by atoms with Gasteiger partial charge in [-0.05, 0) is 59.1 Å². The van der Waals surface area contributed by atoms with Gasteiger partial charge in [0.25, 0.3) is 0 Å². The van der Waals surface area contributed by atoms with Gasteiger partial charge in [-0.15, -0.1) is 0 Å². The molecule has 2 heterocycles. The van der Waals surface area contributed by atoms with E-state index in [0.29, 0.717) is 0 Å². The van der Waals surface area contributed by atoms with Gasteiger partial charge in [-0.25, -0.2) is 0 Å². The average molecular weight is 751 g/mol. The molecule has 298 valence electrons. The summed E-state index contributed by atoms with van der Waals surface area (Å²) < 4.78 is 2.51. The number of rotatable bonds is 21. The van der Waals surface area contributed by atoms with Gasteiger partial charge in [-0.3, -0.25) is 0 Å². The van der Waals surface area contributed by atoms with Crippen molar-refractivity contribution in [2.24, 2.45) is 0 Å². The summed E-state index contributed by atoms with van der Waals surface area (Å²) in [4.78, 5) is 0. The van der Waals surface area contributed by atoms with Crippen LogP contribution in [0.25, 0.3) is 11.1 Å². The fourth-order valence-corrected chi connectivity index (χ4v) is 9.72. The van der Waals surface area contributed by atoms with E-state index < -0.39 is 0 Å². The maximum atomic E-state index is 2.51. The summed E-state index contributed by atoms with van der Waals surface area (Å²) >= 11 is 0. The topological polar surface area (TPSA) is 0 Å². The molecule has 2 fully saturated rings. The quantitative estimate of drug-likeness (QED) is 0.0588. The molecule has 4 aromatic carbocycles. The third-order valence-corrected chi connectivity index (χ3v) is 13.4. The minimum Gasteiger partial charge on any atom is -0.326 e. The van der Waals surface area contributed by atoms with Gasteiger partial charge >= 0.3 is 0 Å². The maximum absolute atomic E-state index is 2.51. The van der Waals surface area contributed by atoms with Gasteiger partial charge in [-0.1, -0.05) is 197 Å². The lowest BCUT2D eigenvalue weighted by Crippen LogP contribution is -2.49. The minimum absolute atomic E-state index is 1.22. The van der Waals surface area contributed by atoms with Crippen molar-refractivity contribution in [2.45, 2.75) is 116 Å². The summed E-state index contributed by atoms with van der Waals surface area (Å²) in [7, 11) is 5.03. The molecular weight excluding hydrogens is 677 g/mol. The third-order valence-electron chi connectivity index (χ3n) is 13.4. The van der Waals surface area contributed by atoms with Gasteiger partial charge in [0.2, 0.25) is 0 Å². The van der Waals surface area contributed by atoms with Gasteiger partial charge in [-0.2, -0.15) is 0 Å². The first-order valence-corrected chi connectivity index (χ1v) is 22.8. The zero-order valence-electron chi connectivity index (χ0n) is 35.4. The van der Waals surface area contributed by atoms with Crippen LogP contribution in [0.5, 0.6) is 0 Å². The standard InChI is InChI=1S/C54H74N2/c1-55(43-37-51(38-44-55)53(47-29-19-15-20-30-47)48-31-21-16-22-32-48)41-27-13-11-9-7-5-3-4-6-8-10-12-14-28-42-56(2)45-39-52(40-46-56)54(49-33-23-17-24-34-49)50-35-25-18-26-36-50/h15-26,29-36H,3-14,27-28,37-46H2,1-2H3/q+2. The summed E-state index contributed by atoms with van der Waals surface area (Å²) in [6.07, 6.45) is 24.9. The predicted molar refractivity (Wildman–Crippen MR) is 242 cm³/mol. The Balaban J connectivity index is 0.763. The van der Waals surface area contributed by atoms with Crippen molar-refractivity contribution >= 4 is 11.1 Å². The molecule has 0 unspecified atom stereocenters. The highest BCUT2D eigenvalue weighted by Crippen LogP contribution is 2.35. The van der Waals surface area contributed by atoms with E-state index in [4.69, 9.17) is 0 Å². The molecule has 0 N–H and O–H groups in total. The first-order chi connectivity index (χ1) is 27.5. The van der Waals surface area contributed by atoms with Crippen LogP contribution in [-0.2, 0) is 0 Å². The molecule has 2 heteroatoms. The first-order valence-electron chi connectivity index (χ1n) is 22.8. The lowest BCUT2D eigenvalue weighted by Gasteiger charge is -2.39. The summed E-state index contributed by atoms with van der Waals surface area (Å²) in [5.74, 6) is 0. The monoisotopic (exact) mass is 751 g/mol. The van der Waals surface area contributed by atoms with Gasteiger partial charge < -0.3 is 8.97 Å². The highest BCUT2D eigenvalue weighted by atomic mass is 15.3. The molecule has 0 saturated carbocycles. The molecule has 2 aliphatic rings. The number of benzene rings is 4. The van der Waals surface area contributed by atoms with Crippen molar-refractivity contribution < 1.29 is 8.97 Å². The summed E-state index contributed by atoms with van der Waals surface area (Å²) in [5.41, 5.74) is 11.8. The number of hydrogen-bond acceptors (Lipinski definition) is 0. The van der Waals surface area contributed by atoms with Crippen LogP contribution in [-0.4, -0.2) is 62.3 Å². The molecular formula is C54H74N2+2. The Kier molecular flexibility index (Phi) is 16.7. The Morgan fingerprint density at radius 1 is 0.321 bits per heavy atom. The highest BCUT2D eigenvalue weighted by molar-refractivity contribution is 5.83. The number of hydrogen-bond donors (Lipinski definition) is 0. The molecule has 2 nitrogen and oxygen atoms in total. The molecule has 0 aromatic heterocycles. The van der Waals surface area contributed by atoms with Gasteiger partial charge in [0, 0.05) is 25.7 Å². The summed E-state index contributed by atoms with van der Waals surface area (Å²) in [6.45, 7) is 7.82. The highest BCUT2D eigenvalue weighted by Gasteiger charge is 2.30. The van der Waals surface area contributed by atoms with Crippen molar-refractivity contribution in [3.05, 3.63) is 155 Å². The van der Waals surface area contributed by atoms with Crippen LogP contribution in [0, 0.1) is 0 Å². The second kappa shape index (κ2) is 22.3. The van der Waals surface area contributed by atoms with E-state index in [-0.39, 0.29) is 0 Å². The van der Waals surface area contributed by atoms with Crippen molar-refractivity contribution in [2.75, 3.05) is 53.4 Å². The third kappa shape index (κ3) is 12.9. The van der Waals surface area contributed by atoms with Crippen LogP contribution in [0.2, 0.25) is 0 Å². The molecule has 0 bridgehead atoms. The molecule has 0 atom stereocenters. The van der Waals surface area contributed by atoms with Gasteiger partial charge in [0.1, 0.15) is 0 Å². The van der Waals surface area contributed by atoms with Crippen molar-refractivity contribution in [1.82, 2.24) is 0 Å². The summed E-state index contributed by atoms with van der Waals surface area (Å²) in [6, 6.07) is 44.3. The molecule has 0 radical (unpaired) electrons. The van der Waals surface area contributed by atoms with Crippen LogP contribution < -0.4 is 0 Å². The van der Waals surface area contributed by atoms with E-state index in [1.54, 1.807) is 11.1 Å². The first kappa shape index (κ1) is 41.9. The Bertz CT molecular complexity index is 1520. The van der Waals surface area contributed by atoms with Gasteiger partial charge in [0.15, 0.2) is 0 Å². The molecule has 4 aromatic rings. The lowest BCUT2D eigenvalue weighted by atomic mass is 9.88. The molecule has 0 spiro atoms. The van der Waals surface area contributed by atoms with Gasteiger partial charge in [0.05, 0.1) is 53.4 Å². The SMILES string of the molecule is C[N+]1(CCCCCCCCCCCCCCCC[N+]2(C)CCC(=C(c3ccccc3)c3ccccc3)CC2)CCC(=C(c2ccccc2)c2ccccc2)CC1. The van der Waals surface area contributed by atoms with E-state index in [1.807, 2.05) is 0 Å². The molecule has 56 heavy (non-hydrogen) atoms. The van der Waals surface area contributed by atoms with Crippen LogP contribution >= 0.6 is 0 Å². The minimum atomic E-state index is 1.22. The largest absolute Gasteiger partial charge is 0.326 e. The van der Waals surface area contributed by atoms with Crippen LogP contribution in [0.4, 0.5) is 0 Å². The van der Waals surface area contributed by atoms with Crippen molar-refractivity contribution in [1.29, 1.82) is 0 Å². The number of nitrogens with zero attached hydrogens (tertiary/aromatic N) is 2. The van der Waals surface area contributed by atoms with E-state index in [0.717, 1.165) is 0 Å². The second-order valence-corrected chi connectivity index (χ2v) is 18.0. The number of likely N-dealkylation sites (tertiary alicyclic amines) is 2. The van der Waals surface area contributed by atoms with Crippen LogP contribution in [0.15, 0.2) is 132 Å². The smallest absolute Gasteiger partial charge is 0.0822 e. The zero-order valence-corrected chi connectivity index (χ0v) is 35.4. The lowest BCUT2D eigenvalue weighted by molar-refractivity contribution is -0.912. The predicted octanol–water partition coefficient (Wildman–Crippen LogP) is 13.9. The Morgan fingerprint density at radius 3 is 0.768 bits per heavy atom. The van der Waals surface area contributed by atoms with E-state index in [2.05, 4.69) is 135 Å². The maximum Gasteiger partial charge on any atom is 0.0822 e. The van der Waals surface area contributed by atoms with Crippen molar-refractivity contribution in [3.63, 3.8) is 0 Å². The second-order valence-electron chi connectivity index (χ2n) is 18.0. The molecule has 0 amide bonds. The van der Waals surface area contributed by atoms with E-state index in [9.17, 15) is 0 Å². The average Bonchev–Trinajstić information content (AvgIpc) is 3.24. The molecule has 0 aliphatic carbocycles. The normalized spacial score (nSPS) is 19.9. The summed E-state index contributed by atoms with van der Waals surface area (Å²) in [5, 5.41) is 0.